The first-order chi connectivity index (χ1) is 9.28. The molecule has 19 heavy (non-hydrogen) atoms. The van der Waals surface area contributed by atoms with Crippen molar-refractivity contribution >= 4 is 27.3 Å². The summed E-state index contributed by atoms with van der Waals surface area (Å²) >= 11 is 5.35. The molecule has 0 fully saturated rings. The Morgan fingerprint density at radius 1 is 1.37 bits per heavy atom. The van der Waals surface area contributed by atoms with E-state index in [1.165, 1.54) is 40.4 Å². The first-order valence-corrected chi connectivity index (χ1v) is 8.29. The molecule has 0 amide bonds. The third-order valence-corrected chi connectivity index (χ3v) is 5.32. The molecule has 4 heteroatoms. The minimum atomic E-state index is 0.592. The first kappa shape index (κ1) is 13.3. The van der Waals surface area contributed by atoms with Crippen molar-refractivity contribution < 1.29 is 0 Å². The zero-order chi connectivity index (χ0) is 13.2. The Labute approximate surface area is 126 Å². The third-order valence-electron chi connectivity index (χ3n) is 3.61. The fourth-order valence-corrected chi connectivity index (χ4v) is 4.13. The zero-order valence-corrected chi connectivity index (χ0v) is 13.4. The van der Waals surface area contributed by atoms with Crippen LogP contribution in [0.3, 0.4) is 0 Å². The minimum absolute atomic E-state index is 0.592. The van der Waals surface area contributed by atoms with Crippen LogP contribution in [0.5, 0.6) is 0 Å². The zero-order valence-electron chi connectivity index (χ0n) is 10.9. The second-order valence-electron chi connectivity index (χ2n) is 4.98. The van der Waals surface area contributed by atoms with E-state index < -0.39 is 0 Å². The summed E-state index contributed by atoms with van der Waals surface area (Å²) in [5.41, 5.74) is 2.56. The van der Waals surface area contributed by atoms with Gasteiger partial charge < -0.3 is 5.32 Å². The van der Waals surface area contributed by atoms with Gasteiger partial charge in [-0.05, 0) is 38.4 Å². The SMILES string of the molecule is CNCC1CCCc2sc(-c3ccc(Br)cc3)nc21. The molecule has 1 heterocycles. The highest BCUT2D eigenvalue weighted by atomic mass is 79.9. The molecule has 1 N–H and O–H groups in total. The van der Waals surface area contributed by atoms with Gasteiger partial charge in [0.05, 0.1) is 5.69 Å². The van der Waals surface area contributed by atoms with Gasteiger partial charge >= 0.3 is 0 Å². The second-order valence-corrected chi connectivity index (χ2v) is 6.98. The summed E-state index contributed by atoms with van der Waals surface area (Å²) in [7, 11) is 2.02. The Morgan fingerprint density at radius 3 is 2.89 bits per heavy atom. The average Bonchev–Trinajstić information content (AvgIpc) is 2.85. The van der Waals surface area contributed by atoms with Gasteiger partial charge in [0.1, 0.15) is 5.01 Å². The van der Waals surface area contributed by atoms with E-state index in [0.29, 0.717) is 5.92 Å². The van der Waals surface area contributed by atoms with Crippen molar-refractivity contribution in [3.8, 4) is 10.6 Å². The molecule has 0 aliphatic heterocycles. The third kappa shape index (κ3) is 2.76. The van der Waals surface area contributed by atoms with Crippen molar-refractivity contribution in [2.45, 2.75) is 25.2 Å². The fourth-order valence-electron chi connectivity index (χ4n) is 2.67. The summed E-state index contributed by atoms with van der Waals surface area (Å²) in [5.74, 6) is 0.592. The van der Waals surface area contributed by atoms with E-state index in [9.17, 15) is 0 Å². The Morgan fingerprint density at radius 2 is 2.16 bits per heavy atom. The van der Waals surface area contributed by atoms with E-state index in [-0.39, 0.29) is 0 Å². The number of likely N-dealkylation sites (N-methyl/N-ethyl adjacent to an activating group) is 1. The molecule has 2 aromatic rings. The number of aryl methyl sites for hydroxylation is 1. The molecule has 3 rings (SSSR count). The molecule has 100 valence electrons. The molecule has 0 saturated heterocycles. The minimum Gasteiger partial charge on any atom is -0.319 e. The summed E-state index contributed by atoms with van der Waals surface area (Å²) in [5, 5.41) is 4.46. The molecule has 0 saturated carbocycles. The Balaban J connectivity index is 1.95. The largest absolute Gasteiger partial charge is 0.319 e. The highest BCUT2D eigenvalue weighted by molar-refractivity contribution is 9.10. The Hall–Kier alpha value is -0.710. The predicted octanol–water partition coefficient (Wildman–Crippen LogP) is 4.21. The summed E-state index contributed by atoms with van der Waals surface area (Å²) in [6.45, 7) is 1.04. The normalized spacial score (nSPS) is 18.3. The van der Waals surface area contributed by atoms with Gasteiger partial charge in [-0.3, -0.25) is 0 Å². The number of hydrogen-bond acceptors (Lipinski definition) is 3. The molecular formula is C15H17BrN2S. The molecule has 1 aromatic heterocycles. The molecule has 2 nitrogen and oxygen atoms in total. The maximum absolute atomic E-state index is 4.91. The number of thiazole rings is 1. The smallest absolute Gasteiger partial charge is 0.123 e. The molecule has 1 aliphatic carbocycles. The van der Waals surface area contributed by atoms with E-state index in [0.717, 1.165) is 11.0 Å². The average molecular weight is 337 g/mol. The van der Waals surface area contributed by atoms with Gasteiger partial charge in [0.15, 0.2) is 0 Å². The van der Waals surface area contributed by atoms with Crippen molar-refractivity contribution in [2.24, 2.45) is 0 Å². The van der Waals surface area contributed by atoms with E-state index in [1.807, 2.05) is 18.4 Å². The van der Waals surface area contributed by atoms with Crippen molar-refractivity contribution in [3.63, 3.8) is 0 Å². The van der Waals surface area contributed by atoms with E-state index in [4.69, 9.17) is 4.98 Å². The first-order valence-electron chi connectivity index (χ1n) is 6.68. The number of benzene rings is 1. The number of hydrogen-bond donors (Lipinski definition) is 1. The van der Waals surface area contributed by atoms with Crippen LogP contribution in [0.15, 0.2) is 28.7 Å². The van der Waals surface area contributed by atoms with Crippen LogP contribution in [-0.4, -0.2) is 18.6 Å². The molecule has 0 radical (unpaired) electrons. The van der Waals surface area contributed by atoms with Gasteiger partial charge in [0.2, 0.25) is 0 Å². The topological polar surface area (TPSA) is 24.9 Å². The lowest BCUT2D eigenvalue weighted by Crippen LogP contribution is -2.20. The van der Waals surface area contributed by atoms with Gasteiger partial charge in [0.25, 0.3) is 0 Å². The van der Waals surface area contributed by atoms with E-state index >= 15 is 0 Å². The number of aromatic nitrogens is 1. The molecule has 1 aliphatic rings. The van der Waals surface area contributed by atoms with Crippen LogP contribution < -0.4 is 5.32 Å². The van der Waals surface area contributed by atoms with Gasteiger partial charge in [-0.25, -0.2) is 4.98 Å². The lowest BCUT2D eigenvalue weighted by atomic mass is 9.91. The number of fused-ring (bicyclic) bond motifs is 1. The summed E-state index contributed by atoms with van der Waals surface area (Å²) in [6, 6.07) is 8.45. The van der Waals surface area contributed by atoms with E-state index in [1.54, 1.807) is 0 Å². The van der Waals surface area contributed by atoms with E-state index in [2.05, 4.69) is 45.5 Å². The summed E-state index contributed by atoms with van der Waals surface area (Å²) in [4.78, 5) is 6.40. The van der Waals surface area contributed by atoms with Gasteiger partial charge in [-0.15, -0.1) is 11.3 Å². The molecule has 1 atom stereocenters. The quantitative estimate of drug-likeness (QED) is 0.907. The lowest BCUT2D eigenvalue weighted by Gasteiger charge is -2.20. The van der Waals surface area contributed by atoms with Crippen molar-refractivity contribution in [1.82, 2.24) is 10.3 Å². The summed E-state index contributed by atoms with van der Waals surface area (Å²) in [6.07, 6.45) is 3.75. The van der Waals surface area contributed by atoms with Crippen LogP contribution in [0, 0.1) is 0 Å². The fraction of sp³-hybridized carbons (Fsp3) is 0.400. The summed E-state index contributed by atoms with van der Waals surface area (Å²) < 4.78 is 1.12. The van der Waals surface area contributed by atoms with Crippen LogP contribution >= 0.6 is 27.3 Å². The molecule has 1 unspecified atom stereocenters. The molecule has 1 aromatic carbocycles. The number of nitrogens with one attached hydrogen (secondary N) is 1. The number of rotatable bonds is 3. The molecule has 0 spiro atoms. The second kappa shape index (κ2) is 5.73. The Bertz CT molecular complexity index is 562. The maximum Gasteiger partial charge on any atom is 0.123 e. The van der Waals surface area contributed by atoms with Crippen molar-refractivity contribution in [3.05, 3.63) is 39.3 Å². The standard InChI is InChI=1S/C15H17BrN2S/c1-17-9-11-3-2-4-13-14(11)18-15(19-13)10-5-7-12(16)8-6-10/h5-8,11,17H,2-4,9H2,1H3. The molecule has 0 bridgehead atoms. The van der Waals surface area contributed by atoms with Gasteiger partial charge in [-0.2, -0.15) is 0 Å². The number of halogens is 1. The maximum atomic E-state index is 4.91. The highest BCUT2D eigenvalue weighted by Crippen LogP contribution is 2.38. The monoisotopic (exact) mass is 336 g/mol. The van der Waals surface area contributed by atoms with Crippen LogP contribution in [-0.2, 0) is 6.42 Å². The molecular weight excluding hydrogens is 320 g/mol. The predicted molar refractivity (Wildman–Crippen MR) is 84.9 cm³/mol. The highest BCUT2D eigenvalue weighted by Gasteiger charge is 2.24. The van der Waals surface area contributed by atoms with Crippen LogP contribution in [0.4, 0.5) is 0 Å². The lowest BCUT2D eigenvalue weighted by molar-refractivity contribution is 0.523. The van der Waals surface area contributed by atoms with Crippen LogP contribution in [0.25, 0.3) is 10.6 Å². The van der Waals surface area contributed by atoms with Crippen LogP contribution in [0.2, 0.25) is 0 Å². The van der Waals surface area contributed by atoms with Gasteiger partial charge in [-0.1, -0.05) is 28.1 Å². The van der Waals surface area contributed by atoms with Crippen LogP contribution in [0.1, 0.15) is 29.3 Å². The number of nitrogens with zero attached hydrogens (tertiary/aromatic N) is 1. The Kier molecular flexibility index (Phi) is 4.01. The van der Waals surface area contributed by atoms with Crippen molar-refractivity contribution in [2.75, 3.05) is 13.6 Å². The van der Waals surface area contributed by atoms with Crippen molar-refractivity contribution in [1.29, 1.82) is 0 Å². The van der Waals surface area contributed by atoms with Gasteiger partial charge in [0, 0.05) is 27.4 Å².